The molecule has 5 nitrogen and oxygen atoms in total. The van der Waals surface area contributed by atoms with Crippen molar-refractivity contribution in [1.29, 1.82) is 0 Å². The molecule has 188 valence electrons. The van der Waals surface area contributed by atoms with Crippen molar-refractivity contribution in [2.45, 2.75) is 48.6 Å². The van der Waals surface area contributed by atoms with Crippen molar-refractivity contribution < 1.29 is 22.0 Å². The third-order valence-electron chi connectivity index (χ3n) is 7.33. The highest BCUT2D eigenvalue weighted by molar-refractivity contribution is 7.89. The quantitative estimate of drug-likeness (QED) is 0.485. The third-order valence-corrected chi connectivity index (χ3v) is 9.29. The van der Waals surface area contributed by atoms with Gasteiger partial charge in [-0.15, -0.1) is 0 Å². The first-order chi connectivity index (χ1) is 17.4. The number of carbonyl (C=O) groups excluding carboxylic acids is 1. The number of benzene rings is 3. The van der Waals surface area contributed by atoms with Crippen molar-refractivity contribution in [2.24, 2.45) is 0 Å². The molecule has 2 aliphatic rings. The predicted octanol–water partition coefficient (Wildman–Crippen LogP) is 5.21. The second-order valence-electron chi connectivity index (χ2n) is 9.41. The standard InChI is InChI=1S/C28H28F2N2O3S/c29-22-12-8-11-21(19-22)28(33)31-17-7-6-14-25-27(31)23(20-9-2-1-3-10-20)16-18-32(25)36(34,35)26-15-5-4-13-24(26)30/h1-5,8-13,15,19,23,25,27H,6-7,14,16-18H2/t23-,25-,27-/m1/s1. The Bertz CT molecular complexity index is 1350. The van der Waals surface area contributed by atoms with Gasteiger partial charge >= 0.3 is 0 Å². The summed E-state index contributed by atoms with van der Waals surface area (Å²) < 4.78 is 57.5. The molecule has 36 heavy (non-hydrogen) atoms. The molecular formula is C28H28F2N2O3S. The first kappa shape index (κ1) is 24.6. The van der Waals surface area contributed by atoms with E-state index in [1.54, 1.807) is 11.0 Å². The summed E-state index contributed by atoms with van der Waals surface area (Å²) in [4.78, 5) is 15.1. The fourth-order valence-corrected chi connectivity index (χ4v) is 7.48. The molecule has 2 aliphatic heterocycles. The highest BCUT2D eigenvalue weighted by Crippen LogP contribution is 2.41. The molecule has 2 heterocycles. The number of sulfonamides is 1. The molecule has 3 aromatic carbocycles. The molecule has 0 bridgehead atoms. The summed E-state index contributed by atoms with van der Waals surface area (Å²) >= 11 is 0. The number of fused-ring (bicyclic) bond motifs is 1. The Morgan fingerprint density at radius 1 is 0.833 bits per heavy atom. The molecule has 8 heteroatoms. The Labute approximate surface area is 210 Å². The highest BCUT2D eigenvalue weighted by atomic mass is 32.2. The molecule has 5 rings (SSSR count). The van der Waals surface area contributed by atoms with Gasteiger partial charge in [0.05, 0.1) is 6.04 Å². The van der Waals surface area contributed by atoms with Crippen molar-refractivity contribution in [3.8, 4) is 0 Å². The highest BCUT2D eigenvalue weighted by Gasteiger charge is 2.48. The molecule has 0 aliphatic carbocycles. The van der Waals surface area contributed by atoms with Gasteiger partial charge in [-0.2, -0.15) is 4.31 Å². The van der Waals surface area contributed by atoms with Crippen molar-refractivity contribution in [2.75, 3.05) is 13.1 Å². The minimum absolute atomic E-state index is 0.112. The van der Waals surface area contributed by atoms with Crippen LogP contribution in [0.2, 0.25) is 0 Å². The van der Waals surface area contributed by atoms with Gasteiger partial charge in [0.1, 0.15) is 16.5 Å². The van der Waals surface area contributed by atoms with E-state index < -0.39 is 33.7 Å². The molecule has 2 fully saturated rings. The number of likely N-dealkylation sites (tertiary alicyclic amines) is 1. The number of halogens is 2. The minimum Gasteiger partial charge on any atom is -0.333 e. The monoisotopic (exact) mass is 510 g/mol. The Kier molecular flexibility index (Phi) is 6.90. The van der Waals surface area contributed by atoms with E-state index in [1.165, 1.54) is 40.7 Å². The molecule has 1 amide bonds. The van der Waals surface area contributed by atoms with Gasteiger partial charge in [0.15, 0.2) is 0 Å². The molecule has 3 aromatic rings. The topological polar surface area (TPSA) is 57.7 Å². The lowest BCUT2D eigenvalue weighted by Gasteiger charge is -2.48. The van der Waals surface area contributed by atoms with Crippen LogP contribution in [0.3, 0.4) is 0 Å². The number of piperidine rings is 1. The molecule has 0 radical (unpaired) electrons. The van der Waals surface area contributed by atoms with Crippen molar-refractivity contribution in [3.63, 3.8) is 0 Å². The summed E-state index contributed by atoms with van der Waals surface area (Å²) in [6.45, 7) is 0.660. The normalized spacial score (nSPS) is 23.1. The number of hydrogen-bond donors (Lipinski definition) is 0. The van der Waals surface area contributed by atoms with Gasteiger partial charge < -0.3 is 4.90 Å². The molecule has 0 saturated carbocycles. The first-order valence-corrected chi connectivity index (χ1v) is 13.7. The van der Waals surface area contributed by atoms with Gasteiger partial charge in [0.2, 0.25) is 10.0 Å². The van der Waals surface area contributed by atoms with Crippen LogP contribution in [0.25, 0.3) is 0 Å². The molecule has 0 aromatic heterocycles. The molecule has 0 N–H and O–H groups in total. The summed E-state index contributed by atoms with van der Waals surface area (Å²) in [6.07, 6.45) is 2.45. The van der Waals surface area contributed by atoms with Crippen LogP contribution in [0.15, 0.2) is 83.8 Å². The SMILES string of the molecule is O=C(c1cccc(F)c1)N1CCCC[C@@H]2[C@H]1[C@@H](c1ccccc1)CCN2S(=O)(=O)c1ccccc1F. The van der Waals surface area contributed by atoms with E-state index in [2.05, 4.69) is 0 Å². The fourth-order valence-electron chi connectivity index (χ4n) is 5.73. The van der Waals surface area contributed by atoms with E-state index in [1.807, 2.05) is 30.3 Å². The Hall–Kier alpha value is -3.10. The average Bonchev–Trinajstić information content (AvgIpc) is 3.11. The van der Waals surface area contributed by atoms with E-state index >= 15 is 0 Å². The predicted molar refractivity (Wildman–Crippen MR) is 133 cm³/mol. The van der Waals surface area contributed by atoms with Crippen LogP contribution in [0.5, 0.6) is 0 Å². The molecule has 0 spiro atoms. The zero-order chi connectivity index (χ0) is 25.3. The second kappa shape index (κ2) is 10.1. The van der Waals surface area contributed by atoms with Crippen molar-refractivity contribution in [1.82, 2.24) is 9.21 Å². The van der Waals surface area contributed by atoms with Gasteiger partial charge in [-0.3, -0.25) is 4.79 Å². The van der Waals surface area contributed by atoms with Crippen LogP contribution in [-0.2, 0) is 10.0 Å². The van der Waals surface area contributed by atoms with E-state index in [0.717, 1.165) is 18.1 Å². The summed E-state index contributed by atoms with van der Waals surface area (Å²) in [5, 5.41) is 0. The maximum atomic E-state index is 14.6. The fraction of sp³-hybridized carbons (Fsp3) is 0.321. The van der Waals surface area contributed by atoms with Gasteiger partial charge in [-0.05, 0) is 55.2 Å². The van der Waals surface area contributed by atoms with Gasteiger partial charge in [0, 0.05) is 30.6 Å². The Balaban J connectivity index is 1.61. The summed E-state index contributed by atoms with van der Waals surface area (Å²) in [6, 6.07) is 19.8. The molecule has 3 atom stereocenters. The first-order valence-electron chi connectivity index (χ1n) is 12.3. The maximum Gasteiger partial charge on any atom is 0.254 e. The van der Waals surface area contributed by atoms with Crippen LogP contribution < -0.4 is 0 Å². The summed E-state index contributed by atoms with van der Waals surface area (Å²) in [7, 11) is -4.15. The van der Waals surface area contributed by atoms with E-state index in [9.17, 15) is 22.0 Å². The lowest BCUT2D eigenvalue weighted by atomic mass is 9.80. The van der Waals surface area contributed by atoms with Gasteiger partial charge in [0.25, 0.3) is 5.91 Å². The summed E-state index contributed by atoms with van der Waals surface area (Å²) in [5.41, 5.74) is 1.26. The number of amides is 1. The third kappa shape index (κ3) is 4.55. The van der Waals surface area contributed by atoms with Gasteiger partial charge in [-0.25, -0.2) is 17.2 Å². The number of carbonyl (C=O) groups is 1. The zero-order valence-corrected chi connectivity index (χ0v) is 20.6. The molecular weight excluding hydrogens is 482 g/mol. The van der Waals surface area contributed by atoms with Crippen LogP contribution in [-0.4, -0.2) is 48.7 Å². The van der Waals surface area contributed by atoms with Crippen LogP contribution in [0.4, 0.5) is 8.78 Å². The van der Waals surface area contributed by atoms with E-state index in [-0.39, 0.29) is 28.8 Å². The van der Waals surface area contributed by atoms with Crippen molar-refractivity contribution >= 4 is 15.9 Å². The summed E-state index contributed by atoms with van der Waals surface area (Å²) in [5.74, 6) is -1.73. The molecule has 0 unspecified atom stereocenters. The maximum absolute atomic E-state index is 14.6. The largest absolute Gasteiger partial charge is 0.333 e. The second-order valence-corrected chi connectivity index (χ2v) is 11.3. The lowest BCUT2D eigenvalue weighted by Crippen LogP contribution is -2.60. The van der Waals surface area contributed by atoms with Crippen LogP contribution in [0, 0.1) is 11.6 Å². The van der Waals surface area contributed by atoms with Gasteiger partial charge in [-0.1, -0.05) is 55.0 Å². The zero-order valence-electron chi connectivity index (χ0n) is 19.8. The van der Waals surface area contributed by atoms with E-state index in [0.29, 0.717) is 25.8 Å². The number of rotatable bonds is 4. The van der Waals surface area contributed by atoms with E-state index in [4.69, 9.17) is 0 Å². The Morgan fingerprint density at radius 2 is 1.58 bits per heavy atom. The smallest absolute Gasteiger partial charge is 0.254 e. The molecule has 2 saturated heterocycles. The lowest BCUT2D eigenvalue weighted by molar-refractivity contribution is 0.0464. The van der Waals surface area contributed by atoms with Crippen molar-refractivity contribution in [3.05, 3.63) is 102 Å². The average molecular weight is 511 g/mol. The minimum atomic E-state index is -4.15. The van der Waals surface area contributed by atoms with Crippen LogP contribution in [0.1, 0.15) is 47.5 Å². The Morgan fingerprint density at radius 3 is 2.33 bits per heavy atom. The van der Waals surface area contributed by atoms with Crippen LogP contribution >= 0.6 is 0 Å². The number of nitrogens with zero attached hydrogens (tertiary/aromatic N) is 2. The number of hydrogen-bond acceptors (Lipinski definition) is 3.